The lowest BCUT2D eigenvalue weighted by Gasteiger charge is -2.25. The van der Waals surface area contributed by atoms with E-state index in [-0.39, 0.29) is 23.2 Å². The van der Waals surface area contributed by atoms with Gasteiger partial charge in [0, 0.05) is 18.2 Å². The number of carbonyl (C=O) groups excluding carboxylic acids is 1. The highest BCUT2D eigenvalue weighted by atomic mass is 16.5. The number of aliphatic hydroxyl groups excluding tert-OH is 1. The number of hydrogen-bond acceptors (Lipinski definition) is 5. The van der Waals surface area contributed by atoms with E-state index in [9.17, 15) is 20.1 Å². The number of phenolic OH excluding ortho intramolecular Hbond substituents is 2. The molecule has 0 amide bonds. The van der Waals surface area contributed by atoms with E-state index in [1.165, 1.54) is 12.1 Å². The van der Waals surface area contributed by atoms with Crippen molar-refractivity contribution in [1.82, 2.24) is 0 Å². The Labute approximate surface area is 111 Å². The van der Waals surface area contributed by atoms with Crippen LogP contribution in [0.25, 0.3) is 0 Å². The quantitative estimate of drug-likeness (QED) is 0.575. The van der Waals surface area contributed by atoms with Crippen LogP contribution >= 0.6 is 0 Å². The van der Waals surface area contributed by atoms with Crippen molar-refractivity contribution >= 4 is 5.97 Å². The minimum atomic E-state index is -1.15. The van der Waals surface area contributed by atoms with Gasteiger partial charge in [0.1, 0.15) is 17.2 Å². The maximum atomic E-state index is 11.8. The number of carbonyl (C=O) groups is 1. The van der Waals surface area contributed by atoms with Crippen molar-refractivity contribution in [3.05, 3.63) is 18.2 Å². The van der Waals surface area contributed by atoms with Crippen LogP contribution in [0, 0.1) is 5.92 Å². The van der Waals surface area contributed by atoms with Crippen LogP contribution in [-0.2, 0) is 4.79 Å². The molecule has 0 heterocycles. The molecule has 5 nitrogen and oxygen atoms in total. The molecule has 1 saturated carbocycles. The highest BCUT2D eigenvalue weighted by molar-refractivity contribution is 5.77. The summed E-state index contributed by atoms with van der Waals surface area (Å²) in [7, 11) is 0. The van der Waals surface area contributed by atoms with Gasteiger partial charge in [0.2, 0.25) is 0 Å². The Kier molecular flexibility index (Phi) is 4.27. The van der Waals surface area contributed by atoms with Crippen LogP contribution in [-0.4, -0.2) is 27.4 Å². The predicted molar refractivity (Wildman–Crippen MR) is 68.0 cm³/mol. The molecule has 3 N–H and O–H groups in total. The van der Waals surface area contributed by atoms with Gasteiger partial charge in [0.15, 0.2) is 6.10 Å². The summed E-state index contributed by atoms with van der Waals surface area (Å²) in [6, 6.07) is 3.56. The molecule has 0 bridgehead atoms. The Hall–Kier alpha value is -1.75. The molecule has 1 fully saturated rings. The maximum absolute atomic E-state index is 11.8. The van der Waals surface area contributed by atoms with Crippen molar-refractivity contribution in [2.75, 3.05) is 0 Å². The van der Waals surface area contributed by atoms with Crippen molar-refractivity contribution in [3.63, 3.8) is 0 Å². The zero-order valence-electron chi connectivity index (χ0n) is 10.6. The molecule has 5 heteroatoms. The fourth-order valence-corrected chi connectivity index (χ4v) is 2.45. The van der Waals surface area contributed by atoms with Crippen LogP contribution in [0.4, 0.5) is 0 Å². The first kappa shape index (κ1) is 13.7. The van der Waals surface area contributed by atoms with Crippen LogP contribution in [0.5, 0.6) is 17.2 Å². The van der Waals surface area contributed by atoms with E-state index in [0.29, 0.717) is 0 Å². The summed E-state index contributed by atoms with van der Waals surface area (Å²) in [5.74, 6) is -1.17. The normalized spacial score (nSPS) is 17.9. The van der Waals surface area contributed by atoms with Crippen LogP contribution < -0.4 is 4.74 Å². The molecule has 1 atom stereocenters. The second-order valence-corrected chi connectivity index (χ2v) is 4.95. The van der Waals surface area contributed by atoms with Gasteiger partial charge in [-0.1, -0.05) is 19.3 Å². The van der Waals surface area contributed by atoms with E-state index in [1.54, 1.807) is 0 Å². The van der Waals surface area contributed by atoms with Crippen LogP contribution in [0.3, 0.4) is 0 Å². The largest absolute Gasteiger partial charge is 0.508 e. The lowest BCUT2D eigenvalue weighted by Crippen LogP contribution is -2.34. The highest BCUT2D eigenvalue weighted by Gasteiger charge is 2.29. The average Bonchev–Trinajstić information content (AvgIpc) is 2.37. The number of phenols is 2. The van der Waals surface area contributed by atoms with Gasteiger partial charge in [-0.15, -0.1) is 0 Å². The Morgan fingerprint density at radius 2 is 1.68 bits per heavy atom. The standard InChI is InChI=1S/C14H18O5/c15-10-6-11(16)8-12(7-10)19-14(18)13(17)9-4-2-1-3-5-9/h6-9,13,15-17H,1-5H2. The van der Waals surface area contributed by atoms with Gasteiger partial charge in [-0.2, -0.15) is 0 Å². The smallest absolute Gasteiger partial charge is 0.340 e. The number of aliphatic hydroxyl groups is 1. The highest BCUT2D eigenvalue weighted by Crippen LogP contribution is 2.29. The Balaban J connectivity index is 1.99. The third kappa shape index (κ3) is 3.61. The fourth-order valence-electron chi connectivity index (χ4n) is 2.45. The molecule has 0 saturated heterocycles. The van der Waals surface area contributed by atoms with Crippen molar-refractivity contribution in [3.8, 4) is 17.2 Å². The van der Waals surface area contributed by atoms with Gasteiger partial charge in [-0.25, -0.2) is 4.79 Å². The molecule has 0 spiro atoms. The Morgan fingerprint density at radius 3 is 2.26 bits per heavy atom. The van der Waals surface area contributed by atoms with E-state index in [2.05, 4.69) is 0 Å². The van der Waals surface area contributed by atoms with Gasteiger partial charge in [-0.05, 0) is 18.8 Å². The lowest BCUT2D eigenvalue weighted by atomic mass is 9.85. The number of ether oxygens (including phenoxy) is 1. The summed E-state index contributed by atoms with van der Waals surface area (Å²) < 4.78 is 4.98. The molecule has 1 aromatic rings. The molecule has 0 aromatic heterocycles. The molecule has 19 heavy (non-hydrogen) atoms. The van der Waals surface area contributed by atoms with Crippen LogP contribution in [0.2, 0.25) is 0 Å². The molecule has 2 rings (SSSR count). The third-order valence-corrected chi connectivity index (χ3v) is 3.43. The van der Waals surface area contributed by atoms with Gasteiger partial charge in [0.05, 0.1) is 0 Å². The summed E-state index contributed by atoms with van der Waals surface area (Å²) in [5.41, 5.74) is 0. The van der Waals surface area contributed by atoms with Gasteiger partial charge in [0.25, 0.3) is 0 Å². The Morgan fingerprint density at radius 1 is 1.11 bits per heavy atom. The maximum Gasteiger partial charge on any atom is 0.340 e. The molecule has 1 unspecified atom stereocenters. The molecular formula is C14H18O5. The zero-order valence-corrected chi connectivity index (χ0v) is 10.6. The fraction of sp³-hybridized carbons (Fsp3) is 0.500. The number of benzene rings is 1. The SMILES string of the molecule is O=C(Oc1cc(O)cc(O)c1)C(O)C1CCCCC1. The van der Waals surface area contributed by atoms with Crippen molar-refractivity contribution in [1.29, 1.82) is 0 Å². The summed E-state index contributed by atoms with van der Waals surface area (Å²) >= 11 is 0. The van der Waals surface area contributed by atoms with E-state index >= 15 is 0 Å². The van der Waals surface area contributed by atoms with Crippen molar-refractivity contribution in [2.24, 2.45) is 5.92 Å². The van der Waals surface area contributed by atoms with Crippen molar-refractivity contribution < 1.29 is 24.9 Å². The summed E-state index contributed by atoms with van der Waals surface area (Å²) in [5, 5.41) is 28.5. The summed E-state index contributed by atoms with van der Waals surface area (Å²) in [4.78, 5) is 11.8. The predicted octanol–water partition coefficient (Wildman–Crippen LogP) is 1.94. The monoisotopic (exact) mass is 266 g/mol. The van der Waals surface area contributed by atoms with Gasteiger partial charge < -0.3 is 20.1 Å². The third-order valence-electron chi connectivity index (χ3n) is 3.43. The summed E-state index contributed by atoms with van der Waals surface area (Å²) in [6.07, 6.45) is 3.66. The number of esters is 1. The molecule has 104 valence electrons. The molecule has 1 aromatic carbocycles. The van der Waals surface area contributed by atoms with Crippen LogP contribution in [0.15, 0.2) is 18.2 Å². The number of rotatable bonds is 3. The first-order valence-corrected chi connectivity index (χ1v) is 6.49. The second kappa shape index (κ2) is 5.93. The zero-order chi connectivity index (χ0) is 13.8. The lowest BCUT2D eigenvalue weighted by molar-refractivity contribution is -0.147. The molecule has 0 aliphatic heterocycles. The minimum Gasteiger partial charge on any atom is -0.508 e. The molecule has 1 aliphatic carbocycles. The summed E-state index contributed by atoms with van der Waals surface area (Å²) in [6.45, 7) is 0. The van der Waals surface area contributed by atoms with E-state index in [4.69, 9.17) is 4.74 Å². The Bertz CT molecular complexity index is 431. The topological polar surface area (TPSA) is 87.0 Å². The van der Waals surface area contributed by atoms with Crippen molar-refractivity contribution in [2.45, 2.75) is 38.2 Å². The van der Waals surface area contributed by atoms with Crippen LogP contribution in [0.1, 0.15) is 32.1 Å². The first-order chi connectivity index (χ1) is 9.06. The second-order valence-electron chi connectivity index (χ2n) is 4.95. The number of aromatic hydroxyl groups is 2. The average molecular weight is 266 g/mol. The van der Waals surface area contributed by atoms with Gasteiger partial charge in [-0.3, -0.25) is 0 Å². The van der Waals surface area contributed by atoms with Gasteiger partial charge >= 0.3 is 5.97 Å². The molecular weight excluding hydrogens is 248 g/mol. The minimum absolute atomic E-state index is 0.0253. The number of hydrogen-bond donors (Lipinski definition) is 3. The van der Waals surface area contributed by atoms with E-state index < -0.39 is 12.1 Å². The van der Waals surface area contributed by atoms with E-state index in [1.807, 2.05) is 0 Å². The molecule has 0 radical (unpaired) electrons. The van der Waals surface area contributed by atoms with E-state index in [0.717, 1.165) is 38.2 Å². The first-order valence-electron chi connectivity index (χ1n) is 6.49. The molecule has 1 aliphatic rings.